The standard InChI is InChI=1S/C32H18N8.4C15H16O.Ni/c1-2-10-18-17(9-1)25-33-26(18)38-28-21-13-5-6-14-22(21)30(35-28)40-32-24-16-8-7-15-23(24)31(36-32)39-29-20-12-4-3-11-19(20)27(34-29)37-25;4*1-15(2,12-8-4-3-5-9-12)13-10-6-7-11-14(13)16;/h1-16H,(H2,33,34,35,36,37,38,39,40);4*3-11,16H,1-2H3;/q;;;;;+4/p-4. The van der Waals surface area contributed by atoms with Crippen molar-refractivity contribution in [3.8, 4) is 68.5 Å². The molecule has 8 bridgehead atoms. The predicted molar refractivity (Wildman–Crippen MR) is 419 cm³/mol. The van der Waals surface area contributed by atoms with Crippen LogP contribution in [0, 0.1) is 0 Å². The Hall–Kier alpha value is -12.3. The van der Waals surface area contributed by atoms with E-state index in [-0.39, 0.29) is 0 Å². The molecule has 520 valence electrons. The summed E-state index contributed by atoms with van der Waals surface area (Å²) < 4.78 is 30.4. The Morgan fingerprint density at radius 2 is 0.410 bits per heavy atom. The van der Waals surface area contributed by atoms with E-state index >= 15 is 0 Å². The first-order valence-electron chi connectivity index (χ1n) is 35.3. The molecule has 0 atom stereocenters. The molecule has 12 aromatic carbocycles. The van der Waals surface area contributed by atoms with Crippen LogP contribution in [0.5, 0.6) is 23.0 Å². The van der Waals surface area contributed by atoms with Crippen LogP contribution in [0.3, 0.4) is 0 Å². The molecule has 15 aromatic rings. The number of rotatable bonds is 16. The summed E-state index contributed by atoms with van der Waals surface area (Å²) in [5, 5.41) is 3.82. The number of nitrogens with zero attached hydrogens (tertiary/aromatic N) is 6. The molecule has 2 N–H and O–H groups in total. The topological polar surface area (TPSA) is 146 Å². The third-order valence-electron chi connectivity index (χ3n) is 20.3. The van der Waals surface area contributed by atoms with E-state index in [2.05, 4.69) is 211 Å². The van der Waals surface area contributed by atoms with Gasteiger partial charge in [0.15, 0.2) is 23.3 Å². The molecule has 0 unspecified atom stereocenters. The summed E-state index contributed by atoms with van der Waals surface area (Å²) in [4.78, 5) is 36.8. The van der Waals surface area contributed by atoms with Crippen molar-refractivity contribution in [1.82, 2.24) is 39.9 Å². The van der Waals surface area contributed by atoms with Crippen LogP contribution >= 0.6 is 0 Å². The minimum atomic E-state index is -3.84. The molecule has 2 aliphatic heterocycles. The molecule has 12 nitrogen and oxygen atoms in total. The molecule has 13 heteroatoms. The van der Waals surface area contributed by atoms with E-state index in [0.717, 1.165) is 88.3 Å². The van der Waals surface area contributed by atoms with Crippen LogP contribution in [0.25, 0.3) is 89.7 Å². The fraction of sp³-hybridized carbons (Fsp3) is 0.130. The van der Waals surface area contributed by atoms with Gasteiger partial charge in [-0.2, -0.15) is 0 Å². The Morgan fingerprint density at radius 1 is 0.219 bits per heavy atom. The second-order valence-corrected chi connectivity index (χ2v) is 30.1. The summed E-state index contributed by atoms with van der Waals surface area (Å²) in [5.74, 6) is 4.72. The molecule has 0 saturated carbocycles. The van der Waals surface area contributed by atoms with E-state index in [1.807, 2.05) is 170 Å². The Bertz CT molecular complexity index is 5190. The first-order chi connectivity index (χ1) is 51.0. The van der Waals surface area contributed by atoms with Crippen molar-refractivity contribution in [3.05, 3.63) is 360 Å². The second-order valence-electron chi connectivity index (χ2n) is 28.3. The van der Waals surface area contributed by atoms with E-state index in [0.29, 0.717) is 68.9 Å². The van der Waals surface area contributed by atoms with Crippen LogP contribution in [0.15, 0.2) is 315 Å². The van der Waals surface area contributed by atoms with E-state index in [1.165, 1.54) is 0 Å². The van der Waals surface area contributed by atoms with E-state index in [4.69, 9.17) is 45.4 Å². The number of fused-ring (bicyclic) bond motifs is 20. The average molecular weight is 1420 g/mol. The smallest absolute Gasteiger partial charge is 0.164 e. The zero-order valence-corrected chi connectivity index (χ0v) is 60.6. The third kappa shape index (κ3) is 12.8. The molecular weight excluding hydrogens is 1340 g/mol. The quantitative estimate of drug-likeness (QED) is 0.0897. The zero-order valence-electron chi connectivity index (χ0n) is 59.7. The molecule has 0 aliphatic carbocycles. The maximum atomic E-state index is 7.60. The van der Waals surface area contributed by atoms with E-state index in [1.54, 1.807) is 0 Å². The number of para-hydroxylation sites is 4. The van der Waals surface area contributed by atoms with Gasteiger partial charge in [-0.3, -0.25) is 0 Å². The van der Waals surface area contributed by atoms with Crippen LogP contribution in [0.2, 0.25) is 0 Å². The Balaban J connectivity index is 0.000000179. The number of H-pyrrole nitrogens is 2. The van der Waals surface area contributed by atoms with Crippen molar-refractivity contribution in [2.24, 2.45) is 0 Å². The van der Waals surface area contributed by atoms with Crippen LogP contribution in [-0.4, -0.2) is 39.9 Å². The minimum Gasteiger partial charge on any atom is -0.324 e. The number of aromatic amines is 2. The summed E-state index contributed by atoms with van der Waals surface area (Å²) in [6, 6.07) is 107. The summed E-state index contributed by atoms with van der Waals surface area (Å²) in [5.41, 5.74) is 12.9. The van der Waals surface area contributed by atoms with Gasteiger partial charge in [0.1, 0.15) is 22.6 Å². The fourth-order valence-electron chi connectivity index (χ4n) is 14.2. The van der Waals surface area contributed by atoms with Crippen molar-refractivity contribution in [1.29, 1.82) is 0 Å². The number of hydrogen-bond donors (Lipinski definition) is 2. The molecule has 0 saturated heterocycles. The molecule has 3 aromatic heterocycles. The molecule has 17 rings (SSSR count). The predicted octanol–water partition coefficient (Wildman–Crippen LogP) is 22.3. The Labute approximate surface area is 614 Å². The van der Waals surface area contributed by atoms with E-state index < -0.39 is 35.3 Å². The van der Waals surface area contributed by atoms with Gasteiger partial charge in [-0.25, -0.2) is 29.9 Å². The Morgan fingerprint density at radius 3 is 0.638 bits per heavy atom. The molecule has 0 fully saturated rings. The molecule has 5 heterocycles. The third-order valence-corrected chi connectivity index (χ3v) is 22.1. The SMILES string of the molecule is CC(C)(c1ccccc1)c1ccccc1[O][Ni]([O]c1ccccc1C(C)(C)c1ccccc1)([O]c1ccccc1C(C)(C)c1ccccc1)[O]c1ccccc1C(C)(C)c1ccccc1.c1ccc2c(c1)-c1nc-2nc2[nH]c(nc3nc(nc4[nH]c(n1)c1ccccc41)-c1ccccc1-3)c1ccccc21. The fourth-order valence-corrected chi connectivity index (χ4v) is 16.2. The first-order valence-corrected chi connectivity index (χ1v) is 36.9. The van der Waals surface area contributed by atoms with Gasteiger partial charge < -0.3 is 9.97 Å². The molecule has 105 heavy (non-hydrogen) atoms. The number of hydrogen-bond acceptors (Lipinski definition) is 10. The summed E-state index contributed by atoms with van der Waals surface area (Å²) >= 11 is -3.84. The van der Waals surface area contributed by atoms with Crippen molar-refractivity contribution < 1.29 is 29.2 Å². The molecular formula is C92H78N8NiO4. The van der Waals surface area contributed by atoms with Gasteiger partial charge in [-0.05, 0) is 0 Å². The molecule has 2 aliphatic rings. The first kappa shape index (κ1) is 67.2. The van der Waals surface area contributed by atoms with Gasteiger partial charge in [-0.1, -0.05) is 97.1 Å². The number of nitrogens with one attached hydrogen (secondary N) is 2. The maximum Gasteiger partial charge on any atom is 0.164 e. The van der Waals surface area contributed by atoms with Gasteiger partial charge in [0.05, 0.1) is 0 Å². The van der Waals surface area contributed by atoms with Gasteiger partial charge in [-0.15, -0.1) is 0 Å². The number of aromatic nitrogens is 8. The monoisotopic (exact) mass is 1420 g/mol. The summed E-state index contributed by atoms with van der Waals surface area (Å²) in [6.45, 7) is 17.8. The van der Waals surface area contributed by atoms with Crippen LogP contribution in [-0.2, 0) is 35.3 Å². The van der Waals surface area contributed by atoms with Gasteiger partial charge in [0.25, 0.3) is 0 Å². The van der Waals surface area contributed by atoms with Crippen molar-refractivity contribution in [2.75, 3.05) is 0 Å². The maximum absolute atomic E-state index is 7.60. The van der Waals surface area contributed by atoms with Crippen LogP contribution in [0.4, 0.5) is 0 Å². The van der Waals surface area contributed by atoms with E-state index in [9.17, 15) is 0 Å². The molecule has 0 radical (unpaired) electrons. The van der Waals surface area contributed by atoms with Crippen molar-refractivity contribution >= 4 is 44.1 Å². The zero-order chi connectivity index (χ0) is 71.9. The number of benzene rings is 12. The van der Waals surface area contributed by atoms with Gasteiger partial charge in [0.2, 0.25) is 0 Å². The normalized spacial score (nSPS) is 12.3. The molecule has 0 spiro atoms. The van der Waals surface area contributed by atoms with Crippen molar-refractivity contribution in [2.45, 2.75) is 77.0 Å². The van der Waals surface area contributed by atoms with Crippen molar-refractivity contribution in [3.63, 3.8) is 0 Å². The largest absolute Gasteiger partial charge is 0.324 e. The van der Waals surface area contributed by atoms with Gasteiger partial charge >= 0.3 is 392 Å². The van der Waals surface area contributed by atoms with Crippen LogP contribution < -0.4 is 15.5 Å². The average Bonchev–Trinajstić information content (AvgIpc) is 1.23. The summed E-state index contributed by atoms with van der Waals surface area (Å²) in [6.07, 6.45) is 0. The van der Waals surface area contributed by atoms with Gasteiger partial charge in [0, 0.05) is 43.8 Å². The van der Waals surface area contributed by atoms with Crippen LogP contribution in [0.1, 0.15) is 99.9 Å². The summed E-state index contributed by atoms with van der Waals surface area (Å²) in [7, 11) is 0. The minimum absolute atomic E-state index is 0.488. The second kappa shape index (κ2) is 27.5. The molecule has 0 amide bonds. The Kier molecular flexibility index (Phi) is 17.6.